The van der Waals surface area contributed by atoms with Crippen molar-refractivity contribution >= 4 is 34.7 Å². The van der Waals surface area contributed by atoms with Gasteiger partial charge in [0.1, 0.15) is 5.75 Å². The van der Waals surface area contributed by atoms with Crippen LogP contribution in [0, 0.1) is 27.7 Å². The van der Waals surface area contributed by atoms with Gasteiger partial charge in [-0.15, -0.1) is 0 Å². The Morgan fingerprint density at radius 3 is 2.34 bits per heavy atom. The zero-order valence-corrected chi connectivity index (χ0v) is 21.5. The number of rotatable bonds is 5. The molecule has 4 aromatic carbocycles. The van der Waals surface area contributed by atoms with Crippen LogP contribution in [0.15, 0.2) is 77.9 Å². The molecule has 0 spiro atoms. The average Bonchev–Trinajstić information content (AvgIpc) is 3.19. The molecule has 0 atom stereocenters. The Hall–Kier alpha value is -4.91. The molecule has 7 heteroatoms. The maximum Gasteiger partial charge on any atom is 0.335 e. The first-order valence-electron chi connectivity index (χ1n) is 12.2. The lowest BCUT2D eigenvalue weighted by Gasteiger charge is -2.18. The van der Waals surface area contributed by atoms with Crippen molar-refractivity contribution in [3.05, 3.63) is 106 Å². The first-order chi connectivity index (χ1) is 18.2. The molecule has 3 N–H and O–H groups in total. The van der Waals surface area contributed by atoms with Gasteiger partial charge in [0, 0.05) is 16.8 Å². The minimum atomic E-state index is -1.05. The number of benzene rings is 4. The van der Waals surface area contributed by atoms with Gasteiger partial charge in [-0.1, -0.05) is 36.4 Å². The number of hydrogen-bond acceptors (Lipinski definition) is 5. The Balaban J connectivity index is 1.56. The number of nitrogens with zero attached hydrogens (tertiary/aromatic N) is 2. The number of nitrogens with one attached hydrogen (secondary N) is 1. The van der Waals surface area contributed by atoms with E-state index in [1.807, 2.05) is 58.0 Å². The zero-order valence-electron chi connectivity index (χ0n) is 21.5. The van der Waals surface area contributed by atoms with Crippen molar-refractivity contribution in [3.63, 3.8) is 0 Å². The Morgan fingerprint density at radius 1 is 0.868 bits per heavy atom. The van der Waals surface area contributed by atoms with Crippen molar-refractivity contribution in [2.45, 2.75) is 27.7 Å². The lowest BCUT2D eigenvalue weighted by Crippen LogP contribution is -2.26. The van der Waals surface area contributed by atoms with E-state index in [4.69, 9.17) is 0 Å². The number of aryl methyl sites for hydroxylation is 3. The van der Waals surface area contributed by atoms with Gasteiger partial charge in [0.15, 0.2) is 5.71 Å². The summed E-state index contributed by atoms with van der Waals surface area (Å²) in [6.07, 6.45) is 0. The fourth-order valence-corrected chi connectivity index (χ4v) is 4.64. The standard InChI is InChI=1S/C31H27N3O4/c1-17-11-13-23(15-19(17)3)34-26-14-12-18(2)20(4)27(26)28(30(34)36)33-32-25-10-6-9-24(29(25)35)21-7-5-8-22(16-21)31(37)38/h5-16,32,35H,1-4H3,(H,37,38). The Labute approximate surface area is 220 Å². The van der Waals surface area contributed by atoms with Crippen molar-refractivity contribution in [3.8, 4) is 16.9 Å². The third kappa shape index (κ3) is 4.18. The summed E-state index contributed by atoms with van der Waals surface area (Å²) in [7, 11) is 0. The summed E-state index contributed by atoms with van der Waals surface area (Å²) in [6.45, 7) is 8.00. The van der Waals surface area contributed by atoms with Gasteiger partial charge in [-0.05, 0) is 91.9 Å². The molecule has 38 heavy (non-hydrogen) atoms. The van der Waals surface area contributed by atoms with E-state index in [2.05, 4.69) is 10.5 Å². The van der Waals surface area contributed by atoms with Crippen LogP contribution in [0.4, 0.5) is 17.1 Å². The maximum absolute atomic E-state index is 13.8. The Bertz CT molecular complexity index is 1660. The van der Waals surface area contributed by atoms with E-state index < -0.39 is 5.97 Å². The molecule has 1 heterocycles. The molecule has 0 bridgehead atoms. The normalized spacial score (nSPS) is 13.6. The van der Waals surface area contributed by atoms with Crippen LogP contribution in [0.1, 0.15) is 38.2 Å². The van der Waals surface area contributed by atoms with Crippen LogP contribution in [0.5, 0.6) is 5.75 Å². The predicted molar refractivity (Wildman–Crippen MR) is 150 cm³/mol. The molecule has 0 aromatic heterocycles. The van der Waals surface area contributed by atoms with Gasteiger partial charge in [0.25, 0.3) is 5.91 Å². The molecule has 0 saturated carbocycles. The third-order valence-electron chi connectivity index (χ3n) is 7.09. The quantitative estimate of drug-likeness (QED) is 0.213. The van der Waals surface area contributed by atoms with Gasteiger partial charge in [0.05, 0.1) is 16.9 Å². The van der Waals surface area contributed by atoms with Gasteiger partial charge < -0.3 is 10.2 Å². The van der Waals surface area contributed by atoms with Crippen LogP contribution in [-0.2, 0) is 4.79 Å². The fourth-order valence-electron chi connectivity index (χ4n) is 4.64. The largest absolute Gasteiger partial charge is 0.505 e. The molecule has 4 aromatic rings. The molecule has 0 saturated heterocycles. The first kappa shape index (κ1) is 24.8. The SMILES string of the molecule is Cc1ccc(N2C(=O)C(=NNc3cccc(-c4cccc(C(=O)O)c4)c3O)c3c2ccc(C)c3C)cc1C. The van der Waals surface area contributed by atoms with Crippen molar-refractivity contribution in [1.82, 2.24) is 0 Å². The number of para-hydroxylation sites is 1. The smallest absolute Gasteiger partial charge is 0.335 e. The van der Waals surface area contributed by atoms with Gasteiger partial charge in [-0.2, -0.15) is 5.10 Å². The maximum atomic E-state index is 13.8. The molecule has 0 unspecified atom stereocenters. The molecule has 0 aliphatic carbocycles. The summed E-state index contributed by atoms with van der Waals surface area (Å²) >= 11 is 0. The number of hydrazone groups is 1. The molecule has 1 aliphatic rings. The minimum Gasteiger partial charge on any atom is -0.505 e. The highest BCUT2D eigenvalue weighted by atomic mass is 16.4. The van der Waals surface area contributed by atoms with Crippen LogP contribution in [0.25, 0.3) is 11.1 Å². The predicted octanol–water partition coefficient (Wildman–Crippen LogP) is 6.49. The summed E-state index contributed by atoms with van der Waals surface area (Å²) in [6, 6.07) is 21.2. The molecule has 1 amide bonds. The van der Waals surface area contributed by atoms with E-state index >= 15 is 0 Å². The van der Waals surface area contributed by atoms with Crippen LogP contribution in [-0.4, -0.2) is 27.8 Å². The van der Waals surface area contributed by atoms with Gasteiger partial charge in [-0.3, -0.25) is 15.1 Å². The van der Waals surface area contributed by atoms with E-state index in [0.29, 0.717) is 16.8 Å². The van der Waals surface area contributed by atoms with E-state index in [1.54, 1.807) is 35.2 Å². The Kier molecular flexibility index (Phi) is 6.20. The number of fused-ring (bicyclic) bond motifs is 1. The van der Waals surface area contributed by atoms with Crippen LogP contribution < -0.4 is 10.3 Å². The highest BCUT2D eigenvalue weighted by Gasteiger charge is 2.37. The second-order valence-corrected chi connectivity index (χ2v) is 9.47. The van der Waals surface area contributed by atoms with Crippen molar-refractivity contribution < 1.29 is 19.8 Å². The van der Waals surface area contributed by atoms with Crippen molar-refractivity contribution in [1.29, 1.82) is 0 Å². The summed E-state index contributed by atoms with van der Waals surface area (Å²) in [5.74, 6) is -1.42. The van der Waals surface area contributed by atoms with Gasteiger partial charge in [-0.25, -0.2) is 4.79 Å². The van der Waals surface area contributed by atoms with Crippen molar-refractivity contribution in [2.75, 3.05) is 10.3 Å². The molecule has 5 rings (SSSR count). The minimum absolute atomic E-state index is 0.1000. The lowest BCUT2D eigenvalue weighted by atomic mass is 10.00. The second kappa shape index (κ2) is 9.52. The highest BCUT2D eigenvalue weighted by molar-refractivity contribution is 6.56. The third-order valence-corrected chi connectivity index (χ3v) is 7.09. The van der Waals surface area contributed by atoms with Crippen molar-refractivity contribution in [2.24, 2.45) is 5.10 Å². The van der Waals surface area contributed by atoms with E-state index in [1.165, 1.54) is 12.1 Å². The number of aromatic hydroxyl groups is 1. The van der Waals surface area contributed by atoms with E-state index in [-0.39, 0.29) is 22.9 Å². The summed E-state index contributed by atoms with van der Waals surface area (Å²) in [5, 5.41) is 24.9. The van der Waals surface area contributed by atoms with Crippen LogP contribution >= 0.6 is 0 Å². The number of carbonyl (C=O) groups excluding carboxylic acids is 1. The second-order valence-electron chi connectivity index (χ2n) is 9.47. The lowest BCUT2D eigenvalue weighted by molar-refractivity contribution is -0.111. The number of phenols is 1. The van der Waals surface area contributed by atoms with Gasteiger partial charge >= 0.3 is 5.97 Å². The number of aromatic carboxylic acids is 1. The van der Waals surface area contributed by atoms with E-state index in [0.717, 1.165) is 39.2 Å². The Morgan fingerprint density at radius 2 is 1.61 bits per heavy atom. The summed E-state index contributed by atoms with van der Waals surface area (Å²) < 4.78 is 0. The summed E-state index contributed by atoms with van der Waals surface area (Å²) in [4.78, 5) is 26.8. The number of hydrogen-bond donors (Lipinski definition) is 3. The monoisotopic (exact) mass is 505 g/mol. The van der Waals surface area contributed by atoms with Gasteiger partial charge in [0.2, 0.25) is 0 Å². The number of carboxylic acid groups (broad SMARTS) is 1. The number of phenolic OH excluding ortho intramolecular Hbond substituents is 1. The first-order valence-corrected chi connectivity index (χ1v) is 12.2. The summed E-state index contributed by atoms with van der Waals surface area (Å²) in [5.41, 5.74) is 11.0. The molecule has 0 fully saturated rings. The molecular formula is C31H27N3O4. The van der Waals surface area contributed by atoms with E-state index in [9.17, 15) is 19.8 Å². The van der Waals surface area contributed by atoms with Crippen LogP contribution in [0.3, 0.4) is 0 Å². The molecule has 190 valence electrons. The number of anilines is 3. The topological polar surface area (TPSA) is 102 Å². The fraction of sp³-hybridized carbons (Fsp3) is 0.129. The number of carbonyl (C=O) groups is 2. The molecule has 7 nitrogen and oxygen atoms in total. The average molecular weight is 506 g/mol. The van der Waals surface area contributed by atoms with Crippen LogP contribution in [0.2, 0.25) is 0 Å². The number of amides is 1. The molecule has 1 aliphatic heterocycles. The molecule has 0 radical (unpaired) electrons. The number of carboxylic acids is 1. The molecular weight excluding hydrogens is 478 g/mol. The zero-order chi connectivity index (χ0) is 27.1. The highest BCUT2D eigenvalue weighted by Crippen LogP contribution is 2.40.